The number of benzene rings is 1. The van der Waals surface area contributed by atoms with Crippen molar-refractivity contribution in [2.45, 2.75) is 13.5 Å². The molecule has 0 radical (unpaired) electrons. The molecule has 0 fully saturated rings. The minimum absolute atomic E-state index is 0.143. The standard InChI is InChI=1S/C14H15N3O2/c1-9-5-6-13(18)12(17-9)8-16-11-4-2-3-10(7-11)14(15)19/h2-7,16,18H,8H2,1H3,(H2,15,19). The van der Waals surface area contributed by atoms with Crippen molar-refractivity contribution in [3.63, 3.8) is 0 Å². The Morgan fingerprint density at radius 1 is 1.37 bits per heavy atom. The Bertz CT molecular complexity index is 611. The van der Waals surface area contributed by atoms with Crippen LogP contribution in [0.2, 0.25) is 0 Å². The molecule has 0 aliphatic rings. The van der Waals surface area contributed by atoms with Gasteiger partial charge in [-0.2, -0.15) is 0 Å². The van der Waals surface area contributed by atoms with Gasteiger partial charge in [0.05, 0.1) is 6.54 Å². The van der Waals surface area contributed by atoms with Crippen molar-refractivity contribution in [2.75, 3.05) is 5.32 Å². The van der Waals surface area contributed by atoms with Gasteiger partial charge in [0, 0.05) is 16.9 Å². The van der Waals surface area contributed by atoms with Gasteiger partial charge >= 0.3 is 0 Å². The average Bonchev–Trinajstić information content (AvgIpc) is 2.40. The van der Waals surface area contributed by atoms with Crippen molar-refractivity contribution in [1.82, 2.24) is 4.98 Å². The molecule has 0 bridgehead atoms. The molecule has 19 heavy (non-hydrogen) atoms. The summed E-state index contributed by atoms with van der Waals surface area (Å²) in [4.78, 5) is 15.3. The van der Waals surface area contributed by atoms with Gasteiger partial charge < -0.3 is 16.2 Å². The number of nitrogens with one attached hydrogen (secondary N) is 1. The molecule has 98 valence electrons. The molecular formula is C14H15N3O2. The van der Waals surface area contributed by atoms with E-state index in [-0.39, 0.29) is 5.75 Å². The maximum absolute atomic E-state index is 11.1. The lowest BCUT2D eigenvalue weighted by Gasteiger charge is -2.09. The average molecular weight is 257 g/mol. The van der Waals surface area contributed by atoms with Crippen LogP contribution in [0.4, 0.5) is 5.69 Å². The molecule has 1 heterocycles. The molecule has 1 aromatic carbocycles. The number of aromatic hydroxyl groups is 1. The summed E-state index contributed by atoms with van der Waals surface area (Å²) in [6.07, 6.45) is 0. The zero-order chi connectivity index (χ0) is 13.8. The zero-order valence-electron chi connectivity index (χ0n) is 10.6. The number of aromatic nitrogens is 1. The molecule has 5 heteroatoms. The Balaban J connectivity index is 2.12. The predicted molar refractivity (Wildman–Crippen MR) is 72.9 cm³/mol. The highest BCUT2D eigenvalue weighted by Gasteiger charge is 2.04. The topological polar surface area (TPSA) is 88.2 Å². The van der Waals surface area contributed by atoms with E-state index in [4.69, 9.17) is 5.73 Å². The number of amides is 1. The van der Waals surface area contributed by atoms with Crippen molar-refractivity contribution in [1.29, 1.82) is 0 Å². The monoisotopic (exact) mass is 257 g/mol. The number of aryl methyl sites for hydroxylation is 1. The van der Waals surface area contributed by atoms with E-state index < -0.39 is 5.91 Å². The summed E-state index contributed by atoms with van der Waals surface area (Å²) in [5.41, 5.74) is 7.79. The van der Waals surface area contributed by atoms with Gasteiger partial charge in [-0.15, -0.1) is 0 Å². The van der Waals surface area contributed by atoms with Gasteiger partial charge in [0.2, 0.25) is 5.91 Å². The van der Waals surface area contributed by atoms with Crippen LogP contribution in [0.25, 0.3) is 0 Å². The van der Waals surface area contributed by atoms with E-state index in [1.807, 2.05) is 13.0 Å². The summed E-state index contributed by atoms with van der Waals surface area (Å²) in [5.74, 6) is -0.329. The first kappa shape index (κ1) is 12.9. The normalized spacial score (nSPS) is 10.2. The lowest BCUT2D eigenvalue weighted by Crippen LogP contribution is -2.11. The minimum Gasteiger partial charge on any atom is -0.506 e. The molecule has 0 saturated heterocycles. The zero-order valence-corrected chi connectivity index (χ0v) is 10.6. The molecule has 0 atom stereocenters. The fourth-order valence-electron chi connectivity index (χ4n) is 1.70. The molecule has 0 unspecified atom stereocenters. The van der Waals surface area contributed by atoms with Crippen molar-refractivity contribution in [3.8, 4) is 5.75 Å². The molecule has 4 N–H and O–H groups in total. The summed E-state index contributed by atoms with van der Waals surface area (Å²) in [5, 5.41) is 12.8. The number of hydrogen-bond acceptors (Lipinski definition) is 4. The maximum atomic E-state index is 11.1. The number of hydrogen-bond donors (Lipinski definition) is 3. The lowest BCUT2D eigenvalue weighted by molar-refractivity contribution is 0.100. The van der Waals surface area contributed by atoms with Crippen LogP contribution in [-0.4, -0.2) is 16.0 Å². The summed E-state index contributed by atoms with van der Waals surface area (Å²) in [7, 11) is 0. The molecule has 1 amide bonds. The van der Waals surface area contributed by atoms with E-state index in [9.17, 15) is 9.90 Å². The van der Waals surface area contributed by atoms with E-state index in [0.717, 1.165) is 11.4 Å². The minimum atomic E-state index is -0.472. The Morgan fingerprint density at radius 3 is 2.89 bits per heavy atom. The van der Waals surface area contributed by atoms with E-state index in [1.165, 1.54) is 0 Å². The third-order valence-corrected chi connectivity index (χ3v) is 2.70. The second-order valence-corrected chi connectivity index (χ2v) is 4.22. The van der Waals surface area contributed by atoms with Crippen LogP contribution in [0.3, 0.4) is 0 Å². The molecule has 0 aliphatic carbocycles. The number of pyridine rings is 1. The fourth-order valence-corrected chi connectivity index (χ4v) is 1.70. The number of primary amides is 1. The van der Waals surface area contributed by atoms with E-state index >= 15 is 0 Å². The molecule has 0 aliphatic heterocycles. The number of anilines is 1. The maximum Gasteiger partial charge on any atom is 0.248 e. The Morgan fingerprint density at radius 2 is 2.16 bits per heavy atom. The van der Waals surface area contributed by atoms with Gasteiger partial charge in [-0.1, -0.05) is 6.07 Å². The van der Waals surface area contributed by atoms with Crippen LogP contribution in [0.15, 0.2) is 36.4 Å². The van der Waals surface area contributed by atoms with Crippen molar-refractivity contribution < 1.29 is 9.90 Å². The van der Waals surface area contributed by atoms with Crippen molar-refractivity contribution in [2.24, 2.45) is 5.73 Å². The first-order chi connectivity index (χ1) is 9.06. The van der Waals surface area contributed by atoms with Gasteiger partial charge in [-0.05, 0) is 37.3 Å². The summed E-state index contributed by atoms with van der Waals surface area (Å²) in [6, 6.07) is 10.2. The second kappa shape index (κ2) is 5.39. The molecule has 1 aromatic heterocycles. The van der Waals surface area contributed by atoms with E-state index in [0.29, 0.717) is 17.8 Å². The van der Waals surface area contributed by atoms with Crippen molar-refractivity contribution in [3.05, 3.63) is 53.3 Å². The number of carbonyl (C=O) groups excluding carboxylic acids is 1. The van der Waals surface area contributed by atoms with Crippen LogP contribution in [-0.2, 0) is 6.54 Å². The second-order valence-electron chi connectivity index (χ2n) is 4.22. The smallest absolute Gasteiger partial charge is 0.248 e. The Hall–Kier alpha value is -2.56. The highest BCUT2D eigenvalue weighted by Crippen LogP contribution is 2.17. The van der Waals surface area contributed by atoms with Crippen LogP contribution < -0.4 is 11.1 Å². The molecule has 0 saturated carbocycles. The molecule has 2 aromatic rings. The summed E-state index contributed by atoms with van der Waals surface area (Å²) >= 11 is 0. The van der Waals surface area contributed by atoms with Crippen LogP contribution in [0.5, 0.6) is 5.75 Å². The van der Waals surface area contributed by atoms with Gasteiger partial charge in [0.15, 0.2) is 0 Å². The van der Waals surface area contributed by atoms with Gasteiger partial charge in [-0.3, -0.25) is 9.78 Å². The lowest BCUT2D eigenvalue weighted by atomic mass is 10.2. The number of rotatable bonds is 4. The largest absolute Gasteiger partial charge is 0.506 e. The van der Waals surface area contributed by atoms with Crippen molar-refractivity contribution >= 4 is 11.6 Å². The number of carbonyl (C=O) groups is 1. The van der Waals surface area contributed by atoms with Crippen LogP contribution >= 0.6 is 0 Å². The third-order valence-electron chi connectivity index (χ3n) is 2.70. The first-order valence-corrected chi connectivity index (χ1v) is 5.85. The molecular weight excluding hydrogens is 242 g/mol. The fraction of sp³-hybridized carbons (Fsp3) is 0.143. The third kappa shape index (κ3) is 3.22. The predicted octanol–water partition coefficient (Wildman–Crippen LogP) is 1.81. The van der Waals surface area contributed by atoms with E-state index in [2.05, 4.69) is 10.3 Å². The van der Waals surface area contributed by atoms with Gasteiger partial charge in [0.25, 0.3) is 0 Å². The van der Waals surface area contributed by atoms with Gasteiger partial charge in [0.1, 0.15) is 11.4 Å². The molecule has 0 spiro atoms. The summed E-state index contributed by atoms with van der Waals surface area (Å²) < 4.78 is 0. The Labute approximate surface area is 111 Å². The SMILES string of the molecule is Cc1ccc(O)c(CNc2cccc(C(N)=O)c2)n1. The first-order valence-electron chi connectivity index (χ1n) is 5.85. The number of nitrogens with two attached hydrogens (primary N) is 1. The highest BCUT2D eigenvalue weighted by atomic mass is 16.3. The van der Waals surface area contributed by atoms with Crippen LogP contribution in [0, 0.1) is 6.92 Å². The number of nitrogens with zero attached hydrogens (tertiary/aromatic N) is 1. The Kier molecular flexibility index (Phi) is 3.66. The summed E-state index contributed by atoms with van der Waals surface area (Å²) in [6.45, 7) is 2.23. The molecule has 2 rings (SSSR count). The van der Waals surface area contributed by atoms with Gasteiger partial charge in [-0.25, -0.2) is 0 Å². The van der Waals surface area contributed by atoms with Crippen LogP contribution in [0.1, 0.15) is 21.7 Å². The quantitative estimate of drug-likeness (QED) is 0.779. The highest BCUT2D eigenvalue weighted by molar-refractivity contribution is 5.93. The van der Waals surface area contributed by atoms with E-state index in [1.54, 1.807) is 30.3 Å². The molecule has 5 nitrogen and oxygen atoms in total.